The smallest absolute Gasteiger partial charge is 0.322 e. The number of urea groups is 1. The molecule has 0 radical (unpaired) electrons. The summed E-state index contributed by atoms with van der Waals surface area (Å²) in [5.74, 6) is 1.55. The summed E-state index contributed by atoms with van der Waals surface area (Å²) in [7, 11) is 0. The van der Waals surface area contributed by atoms with E-state index in [0.29, 0.717) is 24.9 Å². The summed E-state index contributed by atoms with van der Waals surface area (Å²) in [6, 6.07) is 12.7. The van der Waals surface area contributed by atoms with Gasteiger partial charge in [0.1, 0.15) is 5.82 Å². The lowest BCUT2D eigenvalue weighted by Crippen LogP contribution is -2.44. The fourth-order valence-corrected chi connectivity index (χ4v) is 4.76. The van der Waals surface area contributed by atoms with E-state index in [9.17, 15) is 4.79 Å². The summed E-state index contributed by atoms with van der Waals surface area (Å²) in [5.41, 5.74) is 12.6. The van der Waals surface area contributed by atoms with Gasteiger partial charge >= 0.3 is 6.03 Å². The van der Waals surface area contributed by atoms with Crippen LogP contribution >= 0.6 is 0 Å². The van der Waals surface area contributed by atoms with E-state index < -0.39 is 0 Å². The van der Waals surface area contributed by atoms with Gasteiger partial charge in [-0.05, 0) is 60.4 Å². The van der Waals surface area contributed by atoms with Gasteiger partial charge in [0.05, 0.1) is 17.1 Å². The maximum atomic E-state index is 12.9. The molecule has 1 saturated carbocycles. The molecule has 0 bridgehead atoms. The molecule has 1 fully saturated rings. The number of aryl methyl sites for hydroxylation is 1. The molecule has 1 atom stereocenters. The second kappa shape index (κ2) is 8.00. The van der Waals surface area contributed by atoms with Gasteiger partial charge in [0.25, 0.3) is 0 Å². The minimum Gasteiger partial charge on any atom is -0.342 e. The number of hydrogen-bond donors (Lipinski definition) is 3. The summed E-state index contributed by atoms with van der Waals surface area (Å²) in [5, 5.41) is 3.07. The third-order valence-electron chi connectivity index (χ3n) is 6.56. The van der Waals surface area contributed by atoms with Crippen LogP contribution in [0.15, 0.2) is 36.4 Å². The maximum Gasteiger partial charge on any atom is 0.322 e. The molecule has 6 nitrogen and oxygen atoms in total. The summed E-state index contributed by atoms with van der Waals surface area (Å²) in [4.78, 5) is 23.5. The highest BCUT2D eigenvalue weighted by Gasteiger charge is 2.42. The molecule has 2 aliphatic rings. The lowest BCUT2D eigenvalue weighted by molar-refractivity contribution is 0.178. The van der Waals surface area contributed by atoms with E-state index in [4.69, 9.17) is 10.7 Å². The van der Waals surface area contributed by atoms with Gasteiger partial charge in [-0.2, -0.15) is 0 Å². The average molecular weight is 418 g/mol. The molecule has 3 aromatic rings. The van der Waals surface area contributed by atoms with Gasteiger partial charge in [-0.1, -0.05) is 38.1 Å². The van der Waals surface area contributed by atoms with Crippen molar-refractivity contribution in [3.05, 3.63) is 58.9 Å². The molecular formula is C25H31N5O. The molecule has 2 amide bonds. The van der Waals surface area contributed by atoms with Crippen LogP contribution in [0.5, 0.6) is 0 Å². The van der Waals surface area contributed by atoms with Gasteiger partial charge < -0.3 is 20.9 Å². The lowest BCUT2D eigenvalue weighted by atomic mass is 9.97. The largest absolute Gasteiger partial charge is 0.342 e. The molecule has 6 heteroatoms. The number of benzene rings is 2. The standard InChI is InChI=1S/C25H31N5O/c1-15(2)7-11-18-16(14-26)8-12-21-24(18)29-23(27-21)13-22-19-5-3-4-6-20(19)28-25(31)30(22)17-9-10-17/h3-6,8,12,15,17,22H,7,9-11,13-14,26H2,1-2H3,(H,27,29)(H,28,31). The number of rotatable bonds is 7. The molecule has 0 spiro atoms. The van der Waals surface area contributed by atoms with Crippen LogP contribution in [0, 0.1) is 5.92 Å². The third kappa shape index (κ3) is 3.81. The van der Waals surface area contributed by atoms with Crippen molar-refractivity contribution in [3.8, 4) is 0 Å². The number of fused-ring (bicyclic) bond motifs is 2. The van der Waals surface area contributed by atoms with Crippen LogP contribution in [0.25, 0.3) is 11.0 Å². The Labute approximate surface area is 183 Å². The Kier molecular flexibility index (Phi) is 5.18. The number of amides is 2. The minimum absolute atomic E-state index is 0.00496. The molecule has 1 unspecified atom stereocenters. The molecule has 4 N–H and O–H groups in total. The fourth-order valence-electron chi connectivity index (χ4n) is 4.76. The molecule has 2 aromatic carbocycles. The summed E-state index contributed by atoms with van der Waals surface area (Å²) < 4.78 is 0. The van der Waals surface area contributed by atoms with E-state index in [1.807, 2.05) is 23.1 Å². The van der Waals surface area contributed by atoms with Crippen LogP contribution in [0.4, 0.5) is 10.5 Å². The fraction of sp³-hybridized carbons (Fsp3) is 0.440. The molecule has 162 valence electrons. The van der Waals surface area contributed by atoms with Crippen LogP contribution in [0.1, 0.15) is 61.7 Å². The Morgan fingerprint density at radius 3 is 2.74 bits per heavy atom. The van der Waals surface area contributed by atoms with E-state index >= 15 is 0 Å². The minimum atomic E-state index is -0.00824. The first-order valence-electron chi connectivity index (χ1n) is 11.4. The van der Waals surface area contributed by atoms with Crippen molar-refractivity contribution in [2.45, 2.75) is 64.6 Å². The van der Waals surface area contributed by atoms with Crippen LogP contribution in [-0.4, -0.2) is 26.9 Å². The lowest BCUT2D eigenvalue weighted by Gasteiger charge is -2.37. The highest BCUT2D eigenvalue weighted by atomic mass is 16.2. The predicted molar refractivity (Wildman–Crippen MR) is 124 cm³/mol. The van der Waals surface area contributed by atoms with Crippen molar-refractivity contribution in [1.82, 2.24) is 14.9 Å². The number of aromatic amines is 1. The number of para-hydroxylation sites is 1. The zero-order valence-electron chi connectivity index (χ0n) is 18.3. The summed E-state index contributed by atoms with van der Waals surface area (Å²) >= 11 is 0. The van der Waals surface area contributed by atoms with Gasteiger partial charge in [-0.25, -0.2) is 9.78 Å². The molecule has 5 rings (SSSR count). The van der Waals surface area contributed by atoms with Crippen molar-refractivity contribution >= 4 is 22.8 Å². The Bertz CT molecular complexity index is 1110. The number of aromatic nitrogens is 2. The number of nitrogens with one attached hydrogen (secondary N) is 2. The van der Waals surface area contributed by atoms with Crippen molar-refractivity contribution in [1.29, 1.82) is 0 Å². The van der Waals surface area contributed by atoms with Crippen molar-refractivity contribution in [2.24, 2.45) is 11.7 Å². The molecule has 1 aliphatic heterocycles. The zero-order valence-corrected chi connectivity index (χ0v) is 18.3. The van der Waals surface area contributed by atoms with Crippen LogP contribution < -0.4 is 11.1 Å². The number of carbonyl (C=O) groups is 1. The zero-order chi connectivity index (χ0) is 21.5. The predicted octanol–water partition coefficient (Wildman–Crippen LogP) is 4.90. The molecule has 1 aromatic heterocycles. The van der Waals surface area contributed by atoms with Crippen molar-refractivity contribution in [2.75, 3.05) is 5.32 Å². The second-order valence-corrected chi connectivity index (χ2v) is 9.30. The number of H-pyrrole nitrogens is 1. The highest BCUT2D eigenvalue weighted by molar-refractivity contribution is 5.93. The first kappa shape index (κ1) is 20.1. The van der Waals surface area contributed by atoms with Crippen LogP contribution in [0.2, 0.25) is 0 Å². The first-order chi connectivity index (χ1) is 15.0. The first-order valence-corrected chi connectivity index (χ1v) is 11.4. The third-order valence-corrected chi connectivity index (χ3v) is 6.56. The number of hydrogen-bond acceptors (Lipinski definition) is 3. The molecular weight excluding hydrogens is 386 g/mol. The number of nitrogens with two attached hydrogens (primary N) is 1. The Morgan fingerprint density at radius 2 is 2.00 bits per heavy atom. The number of imidazole rings is 1. The molecule has 1 aliphatic carbocycles. The van der Waals surface area contributed by atoms with Crippen molar-refractivity contribution < 1.29 is 4.79 Å². The van der Waals surface area contributed by atoms with Gasteiger partial charge in [0.15, 0.2) is 0 Å². The maximum absolute atomic E-state index is 12.9. The molecule has 2 heterocycles. The van der Waals surface area contributed by atoms with Crippen LogP contribution in [0.3, 0.4) is 0 Å². The average Bonchev–Trinajstić information content (AvgIpc) is 3.50. The van der Waals surface area contributed by atoms with E-state index in [2.05, 4.69) is 42.3 Å². The molecule has 0 saturated heterocycles. The van der Waals surface area contributed by atoms with E-state index in [0.717, 1.165) is 53.8 Å². The van der Waals surface area contributed by atoms with Gasteiger partial charge in [0, 0.05) is 24.7 Å². The van der Waals surface area contributed by atoms with Gasteiger partial charge in [-0.15, -0.1) is 0 Å². The summed E-state index contributed by atoms with van der Waals surface area (Å²) in [6.45, 7) is 5.02. The Morgan fingerprint density at radius 1 is 1.19 bits per heavy atom. The second-order valence-electron chi connectivity index (χ2n) is 9.30. The monoisotopic (exact) mass is 417 g/mol. The van der Waals surface area contributed by atoms with Crippen LogP contribution in [-0.2, 0) is 19.4 Å². The van der Waals surface area contributed by atoms with E-state index in [1.54, 1.807) is 0 Å². The SMILES string of the molecule is CC(C)CCc1c(CN)ccc2[nH]c(CC3c4ccccc4NC(=O)N3C3CC3)nc12. The Balaban J connectivity index is 1.52. The number of nitrogens with zero attached hydrogens (tertiary/aromatic N) is 2. The normalized spacial score (nSPS) is 18.5. The summed E-state index contributed by atoms with van der Waals surface area (Å²) in [6.07, 6.45) is 4.92. The van der Waals surface area contributed by atoms with Gasteiger partial charge in [0.2, 0.25) is 0 Å². The van der Waals surface area contributed by atoms with Gasteiger partial charge in [-0.3, -0.25) is 0 Å². The Hall–Kier alpha value is -2.86. The molecule has 31 heavy (non-hydrogen) atoms. The van der Waals surface area contributed by atoms with Crippen molar-refractivity contribution in [3.63, 3.8) is 0 Å². The number of anilines is 1. The van der Waals surface area contributed by atoms with E-state index in [1.165, 1.54) is 11.1 Å². The van der Waals surface area contributed by atoms with E-state index in [-0.39, 0.29) is 12.1 Å². The quantitative estimate of drug-likeness (QED) is 0.511. The topological polar surface area (TPSA) is 87.0 Å². The number of carbonyl (C=O) groups excluding carboxylic acids is 1. The highest BCUT2D eigenvalue weighted by Crippen LogP contribution is 2.41.